The minimum Gasteiger partial charge on any atom is -0.505 e. The molecule has 2 unspecified atom stereocenters. The van der Waals surface area contributed by atoms with E-state index in [0.29, 0.717) is 11.1 Å². The molecule has 154 valence electrons. The fraction of sp³-hybridized carbons (Fsp3) is 0.278. The van der Waals surface area contributed by atoms with E-state index in [1.54, 1.807) is 0 Å². The number of nitrogens with zero attached hydrogens (tertiary/aromatic N) is 2. The molecule has 0 radical (unpaired) electrons. The Labute approximate surface area is 195 Å². The monoisotopic (exact) mass is 444 g/mol. The second-order valence-electron chi connectivity index (χ2n) is 6.85. The molecule has 10 nitrogen and oxygen atoms in total. The van der Waals surface area contributed by atoms with Crippen molar-refractivity contribution in [1.29, 1.82) is 0 Å². The van der Waals surface area contributed by atoms with E-state index < -0.39 is 45.0 Å². The van der Waals surface area contributed by atoms with Gasteiger partial charge in [-0.1, -0.05) is 12.1 Å². The van der Waals surface area contributed by atoms with Gasteiger partial charge in [-0.05, 0) is 30.5 Å². The first-order valence-corrected chi connectivity index (χ1v) is 10.0. The van der Waals surface area contributed by atoms with Crippen LogP contribution in [0.2, 0.25) is 0 Å². The van der Waals surface area contributed by atoms with Crippen molar-refractivity contribution in [3.63, 3.8) is 0 Å². The Morgan fingerprint density at radius 2 is 1.93 bits per heavy atom. The van der Waals surface area contributed by atoms with Crippen LogP contribution in [0, 0.1) is 6.92 Å². The van der Waals surface area contributed by atoms with Crippen LogP contribution in [0.15, 0.2) is 36.1 Å². The molecule has 1 aromatic rings. The first kappa shape index (κ1) is 24.1. The molecular formula is C18H19N3NaO7S+. The predicted molar refractivity (Wildman–Crippen MR) is 102 cm³/mol. The van der Waals surface area contributed by atoms with Crippen LogP contribution in [0.3, 0.4) is 0 Å². The topological polar surface area (TPSA) is 158 Å². The Balaban J connectivity index is 0.00000320. The number of carbonyl (C=O) groups excluding carboxylic acids is 3. The number of hydrogen-bond acceptors (Lipinski definition) is 6. The number of benzene rings is 1. The number of nitrogens with two attached hydrogens (primary N) is 1. The number of anilines is 1. The standard InChI is InChI=1S/C18H19N3O7S.Na/c1-9-3-5-12-15(16(9)24)21(10(2)22)18(29(26,27)28)13-7-11(4-6-14(19)23)8-20(13)17(12)25;/h3-6,8,13,18,24H,7H2,1-2H3,(H2,19,23)(H,26,27,28);/q;+1/b6-4+;. The largest absolute Gasteiger partial charge is 1.00 e. The van der Waals surface area contributed by atoms with Gasteiger partial charge in [-0.15, -0.1) is 0 Å². The van der Waals surface area contributed by atoms with E-state index in [2.05, 4.69) is 0 Å². The Kier molecular flexibility index (Phi) is 6.84. The van der Waals surface area contributed by atoms with Gasteiger partial charge >= 0.3 is 29.6 Å². The molecule has 0 aliphatic carbocycles. The Morgan fingerprint density at radius 3 is 2.47 bits per heavy atom. The summed E-state index contributed by atoms with van der Waals surface area (Å²) in [5.41, 5.74) is 5.42. The Bertz CT molecular complexity index is 1100. The fourth-order valence-electron chi connectivity index (χ4n) is 3.62. The number of hydrogen-bond donors (Lipinski definition) is 3. The van der Waals surface area contributed by atoms with Gasteiger partial charge in [0, 0.05) is 19.2 Å². The average molecular weight is 444 g/mol. The summed E-state index contributed by atoms with van der Waals surface area (Å²) in [6, 6.07) is 1.65. The first-order valence-electron chi connectivity index (χ1n) is 8.53. The normalized spacial score (nSPS) is 20.9. The molecule has 0 saturated heterocycles. The van der Waals surface area contributed by atoms with Gasteiger partial charge in [-0.3, -0.25) is 23.8 Å². The maximum atomic E-state index is 13.1. The fourth-order valence-corrected chi connectivity index (χ4v) is 4.76. The third kappa shape index (κ3) is 4.16. The molecule has 4 N–H and O–H groups in total. The molecule has 2 atom stereocenters. The van der Waals surface area contributed by atoms with Gasteiger partial charge in [0.05, 0.1) is 11.6 Å². The first-order chi connectivity index (χ1) is 13.4. The van der Waals surface area contributed by atoms with Crippen molar-refractivity contribution in [3.05, 3.63) is 47.2 Å². The van der Waals surface area contributed by atoms with Crippen molar-refractivity contribution >= 4 is 33.5 Å². The summed E-state index contributed by atoms with van der Waals surface area (Å²) in [6.45, 7) is 2.60. The average Bonchev–Trinajstić information content (AvgIpc) is 2.98. The summed E-state index contributed by atoms with van der Waals surface area (Å²) in [6.07, 6.45) is 3.64. The Hall–Kier alpha value is -2.18. The summed E-state index contributed by atoms with van der Waals surface area (Å²) in [7, 11) is -4.90. The van der Waals surface area contributed by atoms with Crippen LogP contribution in [0.1, 0.15) is 29.3 Å². The van der Waals surface area contributed by atoms with Gasteiger partial charge < -0.3 is 15.7 Å². The summed E-state index contributed by atoms with van der Waals surface area (Å²) in [5, 5.41) is 8.66. The van der Waals surface area contributed by atoms with E-state index >= 15 is 0 Å². The quantitative estimate of drug-likeness (QED) is 0.262. The van der Waals surface area contributed by atoms with E-state index in [1.807, 2.05) is 0 Å². The number of phenolic OH excluding ortho intramolecular Hbond substituents is 1. The van der Waals surface area contributed by atoms with Crippen LogP contribution in [0.25, 0.3) is 0 Å². The molecule has 0 fully saturated rings. The van der Waals surface area contributed by atoms with E-state index in [1.165, 1.54) is 31.3 Å². The predicted octanol–water partition coefficient (Wildman–Crippen LogP) is -2.58. The number of fused-ring (bicyclic) bond motifs is 2. The molecular weight excluding hydrogens is 425 g/mol. The maximum Gasteiger partial charge on any atom is 1.00 e. The van der Waals surface area contributed by atoms with E-state index in [-0.39, 0.29) is 47.2 Å². The van der Waals surface area contributed by atoms with Crippen molar-refractivity contribution in [3.8, 4) is 5.75 Å². The van der Waals surface area contributed by atoms with Crippen molar-refractivity contribution in [1.82, 2.24) is 4.90 Å². The second kappa shape index (κ2) is 8.52. The van der Waals surface area contributed by atoms with Gasteiger partial charge in [0.15, 0.2) is 5.37 Å². The molecule has 0 bridgehead atoms. The van der Waals surface area contributed by atoms with E-state index in [0.717, 1.165) is 22.8 Å². The molecule has 3 rings (SSSR count). The van der Waals surface area contributed by atoms with Gasteiger partial charge in [-0.2, -0.15) is 8.42 Å². The van der Waals surface area contributed by atoms with Gasteiger partial charge in [-0.25, -0.2) is 0 Å². The molecule has 3 amide bonds. The van der Waals surface area contributed by atoms with Crippen molar-refractivity contribution in [2.75, 3.05) is 4.90 Å². The molecule has 30 heavy (non-hydrogen) atoms. The third-order valence-corrected chi connectivity index (χ3v) is 5.99. The van der Waals surface area contributed by atoms with Crippen molar-refractivity contribution < 1.29 is 62.0 Å². The number of carbonyl (C=O) groups is 3. The maximum absolute atomic E-state index is 13.1. The van der Waals surface area contributed by atoms with E-state index in [9.17, 15) is 32.5 Å². The second-order valence-corrected chi connectivity index (χ2v) is 8.36. The molecule has 1 aromatic carbocycles. The molecule has 0 spiro atoms. The summed E-state index contributed by atoms with van der Waals surface area (Å²) in [5.74, 6) is -2.62. The molecule has 2 heterocycles. The molecule has 0 aromatic heterocycles. The zero-order valence-electron chi connectivity index (χ0n) is 16.6. The van der Waals surface area contributed by atoms with Crippen molar-refractivity contribution in [2.24, 2.45) is 5.73 Å². The zero-order valence-corrected chi connectivity index (χ0v) is 19.4. The third-order valence-electron chi connectivity index (χ3n) is 4.86. The minimum absolute atomic E-state index is 0. The summed E-state index contributed by atoms with van der Waals surface area (Å²) >= 11 is 0. The molecule has 12 heteroatoms. The smallest absolute Gasteiger partial charge is 0.505 e. The van der Waals surface area contributed by atoms with Crippen LogP contribution < -0.4 is 40.2 Å². The summed E-state index contributed by atoms with van der Waals surface area (Å²) in [4.78, 5) is 38.4. The molecule has 0 saturated carbocycles. The Morgan fingerprint density at radius 1 is 1.30 bits per heavy atom. The number of aromatic hydroxyl groups is 1. The number of phenols is 1. The van der Waals surface area contributed by atoms with Crippen LogP contribution in [-0.2, 0) is 19.7 Å². The molecule has 2 aliphatic heterocycles. The van der Waals surface area contributed by atoms with Crippen LogP contribution in [0.5, 0.6) is 5.75 Å². The minimum atomic E-state index is -4.90. The van der Waals surface area contributed by atoms with Gasteiger partial charge in [0.25, 0.3) is 16.0 Å². The summed E-state index contributed by atoms with van der Waals surface area (Å²) < 4.78 is 34.6. The van der Waals surface area contributed by atoms with E-state index in [4.69, 9.17) is 5.73 Å². The number of rotatable bonds is 3. The number of aryl methyl sites for hydroxylation is 1. The zero-order chi connectivity index (χ0) is 21.7. The SMILES string of the molecule is CC(=O)N1c2c(ccc(C)c2O)C(=O)N2C=C(/C=C/C(N)=O)CC2C1S(=O)(=O)O.[Na+]. The van der Waals surface area contributed by atoms with Crippen LogP contribution >= 0.6 is 0 Å². The van der Waals surface area contributed by atoms with Crippen molar-refractivity contribution in [2.45, 2.75) is 31.7 Å². The number of primary amides is 1. The van der Waals surface area contributed by atoms with Crippen LogP contribution in [-0.4, -0.2) is 52.1 Å². The van der Waals surface area contributed by atoms with Gasteiger partial charge in [0.2, 0.25) is 11.8 Å². The van der Waals surface area contributed by atoms with Gasteiger partial charge in [0.1, 0.15) is 11.4 Å². The number of amides is 3. The molecule has 2 aliphatic rings. The number of allylic oxidation sites excluding steroid dienone is 1. The van der Waals surface area contributed by atoms with Crippen LogP contribution in [0.4, 0.5) is 5.69 Å².